The maximum atomic E-state index is 12.1. The summed E-state index contributed by atoms with van der Waals surface area (Å²) in [5.74, 6) is 2.45. The first-order valence-electron chi connectivity index (χ1n) is 12.8. The summed E-state index contributed by atoms with van der Waals surface area (Å²) in [5.41, 5.74) is 0.949. The van der Waals surface area contributed by atoms with E-state index in [1.165, 1.54) is 0 Å². The van der Waals surface area contributed by atoms with Gasteiger partial charge in [0, 0.05) is 13.0 Å². The summed E-state index contributed by atoms with van der Waals surface area (Å²) in [6, 6.07) is 0. The van der Waals surface area contributed by atoms with Crippen LogP contribution in [0.3, 0.4) is 0 Å². The molecule has 0 bridgehead atoms. The Morgan fingerprint density at radius 1 is 1.13 bits per heavy atom. The monoisotopic (exact) mass is 432 g/mol. The van der Waals surface area contributed by atoms with Crippen molar-refractivity contribution in [3.05, 3.63) is 11.6 Å². The van der Waals surface area contributed by atoms with Crippen LogP contribution in [0.1, 0.15) is 85.5 Å². The van der Waals surface area contributed by atoms with Crippen LogP contribution in [-0.2, 0) is 4.79 Å². The van der Waals surface area contributed by atoms with E-state index in [0.717, 1.165) is 50.5 Å². The second-order valence-electron chi connectivity index (χ2n) is 12.1. The Kier molecular flexibility index (Phi) is 6.48. The molecule has 10 atom stereocenters. The summed E-state index contributed by atoms with van der Waals surface area (Å²) in [5, 5.41) is 32.2. The average molecular weight is 433 g/mol. The highest BCUT2D eigenvalue weighted by molar-refractivity contribution is 5.91. The predicted molar refractivity (Wildman–Crippen MR) is 122 cm³/mol. The lowest BCUT2D eigenvalue weighted by molar-refractivity contribution is -0.168. The van der Waals surface area contributed by atoms with Crippen LogP contribution in [-0.4, -0.2) is 39.9 Å². The Labute approximate surface area is 188 Å². The number of hydrogen-bond acceptors (Lipinski definition) is 4. The topological polar surface area (TPSA) is 77.8 Å². The van der Waals surface area contributed by atoms with Crippen molar-refractivity contribution in [3.8, 4) is 0 Å². The van der Waals surface area contributed by atoms with Gasteiger partial charge in [-0.3, -0.25) is 4.79 Å². The first-order valence-corrected chi connectivity index (χ1v) is 12.8. The molecule has 0 amide bonds. The van der Waals surface area contributed by atoms with Crippen LogP contribution in [0.15, 0.2) is 11.6 Å². The van der Waals surface area contributed by atoms with Gasteiger partial charge in [0.1, 0.15) is 0 Å². The van der Waals surface area contributed by atoms with Crippen LogP contribution in [0, 0.1) is 46.3 Å². The molecule has 0 spiro atoms. The molecule has 0 radical (unpaired) electrons. The number of hydrogen-bond donors (Lipinski definition) is 3. The zero-order valence-electron chi connectivity index (χ0n) is 20.0. The van der Waals surface area contributed by atoms with Gasteiger partial charge in [-0.1, -0.05) is 46.1 Å². The van der Waals surface area contributed by atoms with Crippen molar-refractivity contribution in [2.45, 2.75) is 97.7 Å². The van der Waals surface area contributed by atoms with Crippen molar-refractivity contribution in [3.63, 3.8) is 0 Å². The maximum Gasteiger partial charge on any atom is 0.155 e. The van der Waals surface area contributed by atoms with Gasteiger partial charge in [0.2, 0.25) is 0 Å². The van der Waals surface area contributed by atoms with Gasteiger partial charge in [-0.25, -0.2) is 0 Å². The van der Waals surface area contributed by atoms with Gasteiger partial charge >= 0.3 is 0 Å². The highest BCUT2D eigenvalue weighted by Crippen LogP contribution is 2.67. The Morgan fingerprint density at radius 3 is 2.58 bits per heavy atom. The molecule has 3 fully saturated rings. The minimum absolute atomic E-state index is 0.0513. The molecule has 0 heterocycles. The fraction of sp³-hybridized carbons (Fsp3) is 0.889. The van der Waals surface area contributed by atoms with Gasteiger partial charge in [-0.05, 0) is 90.9 Å². The third kappa shape index (κ3) is 3.75. The first kappa shape index (κ1) is 23.4. The van der Waals surface area contributed by atoms with Gasteiger partial charge in [0.15, 0.2) is 5.78 Å². The molecule has 4 aliphatic rings. The van der Waals surface area contributed by atoms with Crippen LogP contribution >= 0.6 is 0 Å². The molecule has 4 rings (SSSR count). The zero-order chi connectivity index (χ0) is 22.6. The summed E-state index contributed by atoms with van der Waals surface area (Å²) < 4.78 is 0. The minimum Gasteiger partial charge on any atom is -0.396 e. The van der Waals surface area contributed by atoms with Gasteiger partial charge in [0.05, 0.1) is 12.2 Å². The number of carbonyl (C=O) groups is 1. The summed E-state index contributed by atoms with van der Waals surface area (Å²) in [7, 11) is 0. The van der Waals surface area contributed by atoms with Crippen LogP contribution in [0.5, 0.6) is 0 Å². The standard InChI is InChI=1S/C27H44O4/c1-16(15-28)6-5-7-17(2)20-8-9-21-25-22(14-24(31)27(20,21)4)26(3)11-10-19(29)12-18(26)13-23(25)30/h12,16-17,20-25,28,30-31H,5-11,13-15H2,1-4H3/t16?,17-,20-,21+,22+,23-,24+,25+,26+,27-/m1/s1. The lowest BCUT2D eigenvalue weighted by Crippen LogP contribution is -2.60. The highest BCUT2D eigenvalue weighted by atomic mass is 16.3. The van der Waals surface area contributed by atoms with Gasteiger partial charge < -0.3 is 15.3 Å². The van der Waals surface area contributed by atoms with Gasteiger partial charge in [-0.2, -0.15) is 0 Å². The number of fused-ring (bicyclic) bond motifs is 5. The summed E-state index contributed by atoms with van der Waals surface area (Å²) in [6.45, 7) is 9.33. The molecule has 176 valence electrons. The van der Waals surface area contributed by atoms with Crippen LogP contribution in [0.4, 0.5) is 0 Å². The molecule has 0 aliphatic heterocycles. The smallest absolute Gasteiger partial charge is 0.155 e. The van der Waals surface area contributed by atoms with E-state index in [1.807, 2.05) is 6.08 Å². The van der Waals surface area contributed by atoms with E-state index in [4.69, 9.17) is 0 Å². The van der Waals surface area contributed by atoms with E-state index in [9.17, 15) is 20.1 Å². The SMILES string of the molecule is CC(CO)CCC[C@@H](C)[C@H]1CC[C@H]2[C@@H]3[C@H](O)CC4=CC(=O)CC[C@]4(C)[C@H]3C[C@H](O)[C@]12C. The van der Waals surface area contributed by atoms with Crippen LogP contribution < -0.4 is 0 Å². The van der Waals surface area contributed by atoms with Crippen molar-refractivity contribution in [2.75, 3.05) is 6.61 Å². The molecule has 1 unspecified atom stereocenters. The van der Waals surface area contributed by atoms with Crippen molar-refractivity contribution in [1.82, 2.24) is 0 Å². The van der Waals surface area contributed by atoms with E-state index in [2.05, 4.69) is 27.7 Å². The van der Waals surface area contributed by atoms with Crippen molar-refractivity contribution in [1.29, 1.82) is 0 Å². The number of aliphatic hydroxyl groups is 3. The van der Waals surface area contributed by atoms with E-state index in [0.29, 0.717) is 36.5 Å². The fourth-order valence-electron chi connectivity index (χ4n) is 8.54. The number of rotatable bonds is 6. The van der Waals surface area contributed by atoms with Crippen molar-refractivity contribution >= 4 is 5.78 Å². The molecule has 3 saturated carbocycles. The zero-order valence-corrected chi connectivity index (χ0v) is 20.0. The van der Waals surface area contributed by atoms with E-state index >= 15 is 0 Å². The van der Waals surface area contributed by atoms with Crippen molar-refractivity contribution in [2.24, 2.45) is 46.3 Å². The molecule has 31 heavy (non-hydrogen) atoms. The lowest BCUT2D eigenvalue weighted by atomic mass is 9.45. The Bertz CT molecular complexity index is 716. The molecule has 0 aromatic heterocycles. The third-order valence-corrected chi connectivity index (χ3v) is 10.5. The number of carbonyl (C=O) groups excluding carboxylic acids is 1. The summed E-state index contributed by atoms with van der Waals surface area (Å²) >= 11 is 0. The third-order valence-electron chi connectivity index (χ3n) is 10.5. The van der Waals surface area contributed by atoms with E-state index < -0.39 is 6.10 Å². The fourth-order valence-corrected chi connectivity index (χ4v) is 8.54. The quantitative estimate of drug-likeness (QED) is 0.577. The second kappa shape index (κ2) is 8.57. The molecular formula is C27H44O4. The molecule has 4 heteroatoms. The summed E-state index contributed by atoms with van der Waals surface area (Å²) in [6.07, 6.45) is 9.50. The molecule has 4 aliphatic carbocycles. The Hall–Kier alpha value is -0.710. The number of aliphatic hydroxyl groups excluding tert-OH is 3. The van der Waals surface area contributed by atoms with Gasteiger partial charge in [-0.15, -0.1) is 0 Å². The minimum atomic E-state index is -0.397. The van der Waals surface area contributed by atoms with E-state index in [-0.39, 0.29) is 41.2 Å². The lowest BCUT2D eigenvalue weighted by Gasteiger charge is -2.61. The Balaban J connectivity index is 1.55. The Morgan fingerprint density at radius 2 is 1.87 bits per heavy atom. The molecule has 0 aromatic carbocycles. The largest absolute Gasteiger partial charge is 0.396 e. The van der Waals surface area contributed by atoms with E-state index in [1.54, 1.807) is 0 Å². The predicted octanol–water partition coefficient (Wildman–Crippen LogP) is 4.51. The molecular weight excluding hydrogens is 388 g/mol. The second-order valence-corrected chi connectivity index (χ2v) is 12.1. The highest BCUT2D eigenvalue weighted by Gasteiger charge is 2.64. The molecule has 0 saturated heterocycles. The normalized spacial score (nSPS) is 46.5. The average Bonchev–Trinajstić information content (AvgIpc) is 3.08. The molecule has 0 aromatic rings. The van der Waals surface area contributed by atoms with Crippen LogP contribution in [0.2, 0.25) is 0 Å². The summed E-state index contributed by atoms with van der Waals surface area (Å²) in [4.78, 5) is 12.1. The van der Waals surface area contributed by atoms with Gasteiger partial charge in [0.25, 0.3) is 0 Å². The molecule has 3 N–H and O–H groups in total. The number of ketones is 1. The maximum absolute atomic E-state index is 12.1. The molecule has 4 nitrogen and oxygen atoms in total. The van der Waals surface area contributed by atoms with Crippen LogP contribution in [0.25, 0.3) is 0 Å². The van der Waals surface area contributed by atoms with Crippen molar-refractivity contribution < 1.29 is 20.1 Å². The first-order chi connectivity index (χ1) is 14.6.